The van der Waals surface area contributed by atoms with Gasteiger partial charge >= 0.3 is 0 Å². The van der Waals surface area contributed by atoms with E-state index in [0.29, 0.717) is 12.0 Å². The minimum Gasteiger partial charge on any atom is -0.373 e. The minimum atomic E-state index is -0.0909. The van der Waals surface area contributed by atoms with Crippen LogP contribution in [0.1, 0.15) is 58.8 Å². The topological polar surface area (TPSA) is 35.3 Å². The average Bonchev–Trinajstić information content (AvgIpc) is 2.76. The molecule has 3 nitrogen and oxygen atoms in total. The first-order chi connectivity index (χ1) is 8.84. The van der Waals surface area contributed by atoms with Gasteiger partial charge in [0.25, 0.3) is 0 Å². The Labute approximate surface area is 115 Å². The summed E-state index contributed by atoms with van der Waals surface area (Å²) in [7, 11) is 0. The van der Waals surface area contributed by atoms with Gasteiger partial charge in [-0.1, -0.05) is 39.8 Å². The maximum absolute atomic E-state index is 6.51. The smallest absolute Gasteiger partial charge is 0.148 e. The zero-order valence-corrected chi connectivity index (χ0v) is 12.7. The van der Waals surface area contributed by atoms with E-state index in [9.17, 15) is 0 Å². The van der Waals surface area contributed by atoms with Crippen molar-refractivity contribution in [2.24, 2.45) is 11.3 Å². The lowest BCUT2D eigenvalue weighted by molar-refractivity contribution is -0.173. The molecular formula is C16H25NO2. The third kappa shape index (κ3) is 1.85. The molecular weight excluding hydrogens is 238 g/mol. The Morgan fingerprint density at radius 1 is 1.32 bits per heavy atom. The highest BCUT2D eigenvalue weighted by molar-refractivity contribution is 5.31. The largest absolute Gasteiger partial charge is 0.373 e. The van der Waals surface area contributed by atoms with Crippen molar-refractivity contribution in [2.75, 3.05) is 0 Å². The van der Waals surface area contributed by atoms with Gasteiger partial charge in [-0.25, -0.2) is 0 Å². The Kier molecular flexibility index (Phi) is 2.83. The van der Waals surface area contributed by atoms with Gasteiger partial charge in [0.15, 0.2) is 0 Å². The molecule has 0 N–H and O–H groups in total. The molecule has 1 aromatic heterocycles. The summed E-state index contributed by atoms with van der Waals surface area (Å²) in [5.41, 5.74) is 1.40. The Balaban J connectivity index is 2.00. The van der Waals surface area contributed by atoms with Crippen molar-refractivity contribution in [1.82, 2.24) is 5.16 Å². The van der Waals surface area contributed by atoms with Crippen LogP contribution in [-0.4, -0.2) is 17.4 Å². The Morgan fingerprint density at radius 2 is 2.05 bits per heavy atom. The standard InChI is InChI=1S/C16H25NO2/c1-10(2)12-6-7-16(5)8-11-9-17-19-13(11)15(3,4)14(16)18-12/h9-10,12,14H,6-8H2,1-5H3/t12-,14-,16-/m0/s1. The molecule has 2 aliphatic rings. The average molecular weight is 263 g/mol. The van der Waals surface area contributed by atoms with Crippen LogP contribution in [0.2, 0.25) is 0 Å². The van der Waals surface area contributed by atoms with Gasteiger partial charge in [-0.3, -0.25) is 0 Å². The molecule has 0 radical (unpaired) electrons. The van der Waals surface area contributed by atoms with Crippen molar-refractivity contribution >= 4 is 0 Å². The molecule has 0 unspecified atom stereocenters. The molecule has 3 heteroatoms. The lowest BCUT2D eigenvalue weighted by Crippen LogP contribution is -2.56. The Morgan fingerprint density at radius 3 is 2.74 bits per heavy atom. The van der Waals surface area contributed by atoms with Gasteiger partial charge in [-0.15, -0.1) is 0 Å². The molecule has 0 spiro atoms. The molecule has 3 atom stereocenters. The number of rotatable bonds is 1. The number of fused-ring (bicyclic) bond motifs is 2. The SMILES string of the molecule is CC(C)[C@@H]1CC[C@@]2(C)Cc3cnoc3C(C)(C)[C@@H]2O1. The van der Waals surface area contributed by atoms with Gasteiger partial charge in [-0.05, 0) is 30.6 Å². The predicted molar refractivity (Wildman–Crippen MR) is 74.1 cm³/mol. The summed E-state index contributed by atoms with van der Waals surface area (Å²) in [5, 5.41) is 4.01. The summed E-state index contributed by atoms with van der Waals surface area (Å²) in [6, 6.07) is 0. The van der Waals surface area contributed by atoms with Crippen LogP contribution >= 0.6 is 0 Å². The van der Waals surface area contributed by atoms with Crippen molar-refractivity contribution in [3.8, 4) is 0 Å². The van der Waals surface area contributed by atoms with E-state index in [2.05, 4.69) is 39.8 Å². The fourth-order valence-corrected chi connectivity index (χ4v) is 4.19. The van der Waals surface area contributed by atoms with Crippen molar-refractivity contribution < 1.29 is 9.26 Å². The second kappa shape index (κ2) is 4.08. The zero-order chi connectivity index (χ0) is 13.8. The molecule has 19 heavy (non-hydrogen) atoms. The molecule has 1 fully saturated rings. The summed E-state index contributed by atoms with van der Waals surface area (Å²) in [6.07, 6.45) is 5.93. The number of aromatic nitrogens is 1. The molecule has 106 valence electrons. The van der Waals surface area contributed by atoms with Crippen molar-refractivity contribution in [2.45, 2.75) is 71.5 Å². The third-order valence-corrected chi connectivity index (χ3v) is 5.17. The molecule has 2 heterocycles. The van der Waals surface area contributed by atoms with Crippen LogP contribution in [0.15, 0.2) is 10.7 Å². The highest BCUT2D eigenvalue weighted by Crippen LogP contribution is 2.53. The fraction of sp³-hybridized carbons (Fsp3) is 0.812. The van der Waals surface area contributed by atoms with Crippen LogP contribution in [0.3, 0.4) is 0 Å². The van der Waals surface area contributed by atoms with Crippen LogP contribution in [0, 0.1) is 11.3 Å². The van der Waals surface area contributed by atoms with Crippen molar-refractivity contribution in [3.05, 3.63) is 17.5 Å². The maximum atomic E-state index is 6.51. The first kappa shape index (κ1) is 13.2. The second-order valence-electron chi connectivity index (χ2n) is 7.57. The Bertz CT molecular complexity index is 477. The molecule has 0 bridgehead atoms. The summed E-state index contributed by atoms with van der Waals surface area (Å²) in [6.45, 7) is 11.3. The highest BCUT2D eigenvalue weighted by Gasteiger charge is 2.55. The lowest BCUT2D eigenvalue weighted by Gasteiger charge is -2.53. The number of hydrogen-bond donors (Lipinski definition) is 0. The lowest BCUT2D eigenvalue weighted by atomic mass is 9.59. The van der Waals surface area contributed by atoms with Crippen LogP contribution in [0.4, 0.5) is 0 Å². The van der Waals surface area contributed by atoms with Gasteiger partial charge in [0.1, 0.15) is 5.76 Å². The molecule has 1 aliphatic carbocycles. The summed E-state index contributed by atoms with van der Waals surface area (Å²) in [4.78, 5) is 0. The Hall–Kier alpha value is -0.830. The van der Waals surface area contributed by atoms with E-state index in [-0.39, 0.29) is 16.9 Å². The molecule has 0 amide bonds. The van der Waals surface area contributed by atoms with Crippen LogP contribution in [0.25, 0.3) is 0 Å². The summed E-state index contributed by atoms with van der Waals surface area (Å²) >= 11 is 0. The summed E-state index contributed by atoms with van der Waals surface area (Å²) < 4.78 is 12.0. The number of ether oxygens (including phenoxy) is 1. The minimum absolute atomic E-state index is 0.0909. The van der Waals surface area contributed by atoms with E-state index in [1.165, 1.54) is 18.4 Å². The maximum Gasteiger partial charge on any atom is 0.148 e. The van der Waals surface area contributed by atoms with Crippen LogP contribution < -0.4 is 0 Å². The van der Waals surface area contributed by atoms with E-state index in [1.54, 1.807) is 0 Å². The van der Waals surface area contributed by atoms with Crippen molar-refractivity contribution in [3.63, 3.8) is 0 Å². The molecule has 3 rings (SSSR count). The molecule has 1 aliphatic heterocycles. The first-order valence-electron chi connectivity index (χ1n) is 7.44. The fourth-order valence-electron chi connectivity index (χ4n) is 4.19. The first-order valence-corrected chi connectivity index (χ1v) is 7.44. The van der Waals surface area contributed by atoms with Crippen LogP contribution in [-0.2, 0) is 16.6 Å². The number of nitrogens with zero attached hydrogens (tertiary/aromatic N) is 1. The molecule has 0 aromatic carbocycles. The van der Waals surface area contributed by atoms with Gasteiger partial charge < -0.3 is 9.26 Å². The van der Waals surface area contributed by atoms with Crippen LogP contribution in [0.5, 0.6) is 0 Å². The molecule has 1 aromatic rings. The molecule has 1 saturated heterocycles. The van der Waals surface area contributed by atoms with E-state index in [0.717, 1.165) is 12.2 Å². The van der Waals surface area contributed by atoms with Gasteiger partial charge in [0.05, 0.1) is 23.8 Å². The normalized spacial score (nSPS) is 36.9. The van der Waals surface area contributed by atoms with Crippen molar-refractivity contribution in [1.29, 1.82) is 0 Å². The van der Waals surface area contributed by atoms with E-state index >= 15 is 0 Å². The molecule has 0 saturated carbocycles. The third-order valence-electron chi connectivity index (χ3n) is 5.17. The van der Waals surface area contributed by atoms with Gasteiger partial charge in [0, 0.05) is 5.56 Å². The predicted octanol–water partition coefficient (Wildman–Crippen LogP) is 3.72. The van der Waals surface area contributed by atoms with E-state index in [4.69, 9.17) is 9.26 Å². The highest BCUT2D eigenvalue weighted by atomic mass is 16.5. The zero-order valence-electron chi connectivity index (χ0n) is 12.7. The quantitative estimate of drug-likeness (QED) is 0.774. The van der Waals surface area contributed by atoms with E-state index in [1.807, 2.05) is 6.20 Å². The second-order valence-corrected chi connectivity index (χ2v) is 7.57. The van der Waals surface area contributed by atoms with Gasteiger partial charge in [0.2, 0.25) is 0 Å². The monoisotopic (exact) mass is 263 g/mol. The van der Waals surface area contributed by atoms with Gasteiger partial charge in [-0.2, -0.15) is 0 Å². The summed E-state index contributed by atoms with van der Waals surface area (Å²) in [5.74, 6) is 1.61. The van der Waals surface area contributed by atoms with E-state index < -0.39 is 0 Å². The number of hydrogen-bond acceptors (Lipinski definition) is 3.